The van der Waals surface area contributed by atoms with E-state index in [9.17, 15) is 9.90 Å². The third kappa shape index (κ3) is 5.02. The second-order valence-electron chi connectivity index (χ2n) is 5.79. The van der Waals surface area contributed by atoms with Crippen LogP contribution < -0.4 is 15.4 Å². The highest BCUT2D eigenvalue weighted by Crippen LogP contribution is 2.18. The first-order valence-electron chi connectivity index (χ1n) is 8.40. The number of carbonyl (C=O) groups excluding carboxylic acids is 1. The van der Waals surface area contributed by atoms with Crippen LogP contribution in [0.25, 0.3) is 0 Å². The van der Waals surface area contributed by atoms with Crippen molar-refractivity contribution in [2.75, 3.05) is 19.0 Å². The Hall–Kier alpha value is -3.45. The largest absolute Gasteiger partial charge is 0.497 e. The molecule has 0 saturated carbocycles. The topological polar surface area (TPSA) is 96.4 Å². The van der Waals surface area contributed by atoms with E-state index >= 15 is 0 Å². The van der Waals surface area contributed by atoms with Gasteiger partial charge in [-0.3, -0.25) is 4.79 Å². The summed E-state index contributed by atoms with van der Waals surface area (Å²) in [5.41, 5.74) is 1.83. The first kappa shape index (κ1) is 18.3. The number of hydrogen-bond acceptors (Lipinski definition) is 6. The lowest BCUT2D eigenvalue weighted by Crippen LogP contribution is -2.28. The fourth-order valence-electron chi connectivity index (χ4n) is 2.42. The van der Waals surface area contributed by atoms with E-state index in [0.717, 1.165) is 5.69 Å². The number of ether oxygens (including phenoxy) is 1. The Morgan fingerprint density at radius 3 is 2.56 bits per heavy atom. The van der Waals surface area contributed by atoms with Gasteiger partial charge in [-0.25, -0.2) is 9.97 Å². The van der Waals surface area contributed by atoms with Gasteiger partial charge in [0.05, 0.1) is 18.8 Å². The van der Waals surface area contributed by atoms with Crippen LogP contribution in [-0.2, 0) is 0 Å². The third-order valence-corrected chi connectivity index (χ3v) is 3.88. The summed E-state index contributed by atoms with van der Waals surface area (Å²) in [6.07, 6.45) is 2.03. The smallest absolute Gasteiger partial charge is 0.254 e. The molecular weight excluding hydrogens is 344 g/mol. The Bertz CT molecular complexity index is 885. The lowest BCUT2D eigenvalue weighted by molar-refractivity contribution is 0.0915. The van der Waals surface area contributed by atoms with Crippen LogP contribution in [0.2, 0.25) is 0 Å². The van der Waals surface area contributed by atoms with Crippen molar-refractivity contribution in [3.8, 4) is 5.75 Å². The van der Waals surface area contributed by atoms with Gasteiger partial charge in [-0.1, -0.05) is 30.3 Å². The van der Waals surface area contributed by atoms with Gasteiger partial charge < -0.3 is 20.5 Å². The Balaban J connectivity index is 1.56. The molecule has 0 bridgehead atoms. The van der Waals surface area contributed by atoms with E-state index in [4.69, 9.17) is 4.74 Å². The molecule has 0 aliphatic rings. The molecule has 0 spiro atoms. The Morgan fingerprint density at radius 2 is 1.85 bits per heavy atom. The molecule has 2 aromatic carbocycles. The number of aliphatic hydroxyl groups excluding tert-OH is 1. The molecule has 1 aromatic heterocycles. The van der Waals surface area contributed by atoms with Crippen molar-refractivity contribution >= 4 is 17.5 Å². The number of methoxy groups -OCH3 is 1. The Labute approximate surface area is 157 Å². The van der Waals surface area contributed by atoms with E-state index in [0.29, 0.717) is 22.8 Å². The second kappa shape index (κ2) is 8.77. The van der Waals surface area contributed by atoms with Crippen LogP contribution in [0, 0.1) is 0 Å². The predicted octanol–water partition coefficient (Wildman–Crippen LogP) is 2.69. The number of nitrogens with zero attached hydrogens (tertiary/aromatic N) is 2. The number of rotatable bonds is 7. The van der Waals surface area contributed by atoms with Gasteiger partial charge in [0.25, 0.3) is 5.91 Å². The SMILES string of the molecule is COc1cccc(C(O)CNC(=O)c2cnc(Nc3ccccc3)nc2)c1. The van der Waals surface area contributed by atoms with Crippen molar-refractivity contribution in [2.45, 2.75) is 6.10 Å². The molecule has 0 radical (unpaired) electrons. The van der Waals surface area contributed by atoms with Crippen LogP contribution >= 0.6 is 0 Å². The van der Waals surface area contributed by atoms with Gasteiger partial charge in [0, 0.05) is 24.6 Å². The number of carbonyl (C=O) groups is 1. The summed E-state index contributed by atoms with van der Waals surface area (Å²) in [4.78, 5) is 20.5. The quantitative estimate of drug-likeness (QED) is 0.596. The zero-order chi connectivity index (χ0) is 19.1. The number of hydrogen-bond donors (Lipinski definition) is 3. The number of anilines is 2. The highest BCUT2D eigenvalue weighted by Gasteiger charge is 2.12. The summed E-state index contributed by atoms with van der Waals surface area (Å²) in [5.74, 6) is 0.685. The number of amides is 1. The summed E-state index contributed by atoms with van der Waals surface area (Å²) in [6, 6.07) is 16.6. The van der Waals surface area contributed by atoms with Crippen LogP contribution in [0.1, 0.15) is 22.0 Å². The number of aromatic nitrogens is 2. The van der Waals surface area contributed by atoms with Gasteiger partial charge in [-0.15, -0.1) is 0 Å². The van der Waals surface area contributed by atoms with Gasteiger partial charge in [0.1, 0.15) is 5.75 Å². The van der Waals surface area contributed by atoms with Crippen molar-refractivity contribution < 1.29 is 14.6 Å². The summed E-state index contributed by atoms with van der Waals surface area (Å²) in [5, 5.41) is 16.0. The van der Waals surface area contributed by atoms with Crippen molar-refractivity contribution in [3.05, 3.63) is 78.1 Å². The van der Waals surface area contributed by atoms with Gasteiger partial charge in [-0.05, 0) is 29.8 Å². The average Bonchev–Trinajstić information content (AvgIpc) is 2.73. The lowest BCUT2D eigenvalue weighted by atomic mass is 10.1. The van der Waals surface area contributed by atoms with Crippen LogP contribution in [0.15, 0.2) is 67.0 Å². The van der Waals surface area contributed by atoms with Crippen LogP contribution in [0.5, 0.6) is 5.75 Å². The zero-order valence-electron chi connectivity index (χ0n) is 14.8. The first-order valence-corrected chi connectivity index (χ1v) is 8.40. The van der Waals surface area contributed by atoms with Crippen molar-refractivity contribution in [1.29, 1.82) is 0 Å². The number of aliphatic hydroxyl groups is 1. The maximum atomic E-state index is 12.2. The van der Waals surface area contributed by atoms with E-state index in [2.05, 4.69) is 20.6 Å². The molecule has 1 unspecified atom stereocenters. The van der Waals surface area contributed by atoms with E-state index in [1.165, 1.54) is 12.4 Å². The molecule has 7 heteroatoms. The molecule has 1 heterocycles. The van der Waals surface area contributed by atoms with Crippen molar-refractivity contribution in [1.82, 2.24) is 15.3 Å². The number of para-hydroxylation sites is 1. The molecule has 3 N–H and O–H groups in total. The first-order chi connectivity index (χ1) is 13.2. The van der Waals surface area contributed by atoms with E-state index in [1.54, 1.807) is 31.4 Å². The highest BCUT2D eigenvalue weighted by atomic mass is 16.5. The summed E-state index contributed by atoms with van der Waals surface area (Å²) in [7, 11) is 1.56. The molecule has 0 fully saturated rings. The van der Waals surface area contributed by atoms with Gasteiger partial charge in [0.15, 0.2) is 0 Å². The van der Waals surface area contributed by atoms with Gasteiger partial charge in [0.2, 0.25) is 5.95 Å². The lowest BCUT2D eigenvalue weighted by Gasteiger charge is -2.13. The summed E-state index contributed by atoms with van der Waals surface area (Å²) < 4.78 is 5.13. The third-order valence-electron chi connectivity index (χ3n) is 3.88. The molecule has 3 aromatic rings. The minimum absolute atomic E-state index is 0.0655. The molecule has 138 valence electrons. The fraction of sp³-hybridized carbons (Fsp3) is 0.150. The molecule has 27 heavy (non-hydrogen) atoms. The maximum absolute atomic E-state index is 12.2. The molecule has 1 atom stereocenters. The average molecular weight is 364 g/mol. The van der Waals surface area contributed by atoms with Crippen molar-refractivity contribution in [3.63, 3.8) is 0 Å². The van der Waals surface area contributed by atoms with E-state index in [-0.39, 0.29) is 12.5 Å². The van der Waals surface area contributed by atoms with Crippen LogP contribution in [-0.4, -0.2) is 34.6 Å². The van der Waals surface area contributed by atoms with Gasteiger partial charge in [-0.2, -0.15) is 0 Å². The minimum Gasteiger partial charge on any atom is -0.497 e. The summed E-state index contributed by atoms with van der Waals surface area (Å²) in [6.45, 7) is 0.0655. The molecular formula is C20H20N4O3. The maximum Gasteiger partial charge on any atom is 0.254 e. The second-order valence-corrected chi connectivity index (χ2v) is 5.79. The Morgan fingerprint density at radius 1 is 1.11 bits per heavy atom. The minimum atomic E-state index is -0.844. The van der Waals surface area contributed by atoms with E-state index < -0.39 is 6.10 Å². The molecule has 7 nitrogen and oxygen atoms in total. The molecule has 1 amide bonds. The number of nitrogens with one attached hydrogen (secondary N) is 2. The van der Waals surface area contributed by atoms with Crippen LogP contribution in [0.3, 0.4) is 0 Å². The standard InChI is InChI=1S/C20H20N4O3/c1-27-17-9-5-6-14(10-17)18(25)13-21-19(26)15-11-22-20(23-12-15)24-16-7-3-2-4-8-16/h2-12,18,25H,13H2,1H3,(H,21,26)(H,22,23,24). The predicted molar refractivity (Wildman–Crippen MR) is 102 cm³/mol. The zero-order valence-corrected chi connectivity index (χ0v) is 14.8. The fourth-order valence-corrected chi connectivity index (χ4v) is 2.42. The molecule has 3 rings (SSSR count). The highest BCUT2D eigenvalue weighted by molar-refractivity contribution is 5.93. The van der Waals surface area contributed by atoms with Gasteiger partial charge >= 0.3 is 0 Å². The molecule has 0 saturated heterocycles. The molecule has 0 aliphatic carbocycles. The van der Waals surface area contributed by atoms with Crippen LogP contribution in [0.4, 0.5) is 11.6 Å². The molecule has 0 aliphatic heterocycles. The monoisotopic (exact) mass is 364 g/mol. The normalized spacial score (nSPS) is 11.5. The summed E-state index contributed by atoms with van der Waals surface area (Å²) >= 11 is 0. The van der Waals surface area contributed by atoms with Crippen molar-refractivity contribution in [2.24, 2.45) is 0 Å². The Kier molecular flexibility index (Phi) is 5.96. The van der Waals surface area contributed by atoms with E-state index in [1.807, 2.05) is 30.3 Å². The number of benzene rings is 2.